The highest BCUT2D eigenvalue weighted by Crippen LogP contribution is 2.35. The third-order valence-electron chi connectivity index (χ3n) is 6.21. The van der Waals surface area contributed by atoms with Crippen molar-refractivity contribution in [1.29, 1.82) is 0 Å². The number of ether oxygens (including phenoxy) is 2. The van der Waals surface area contributed by atoms with Gasteiger partial charge in [0.1, 0.15) is 13.2 Å². The average molecular weight is 412 g/mol. The van der Waals surface area contributed by atoms with Crippen molar-refractivity contribution in [3.8, 4) is 11.5 Å². The lowest BCUT2D eigenvalue weighted by atomic mass is 10.0. The Morgan fingerprint density at radius 3 is 2.87 bits per heavy atom. The highest BCUT2D eigenvalue weighted by atomic mass is 16.6. The second kappa shape index (κ2) is 8.28. The van der Waals surface area contributed by atoms with Gasteiger partial charge in [-0.25, -0.2) is 4.68 Å². The number of piperidine rings is 1. The number of aromatic nitrogens is 2. The molecule has 3 aliphatic heterocycles. The first-order valence-corrected chi connectivity index (χ1v) is 10.8. The molecule has 3 aliphatic rings. The van der Waals surface area contributed by atoms with Gasteiger partial charge in [0.25, 0.3) is 5.56 Å². The fourth-order valence-electron chi connectivity index (χ4n) is 4.71. The van der Waals surface area contributed by atoms with E-state index in [4.69, 9.17) is 9.47 Å². The largest absolute Gasteiger partial charge is 0.486 e. The van der Waals surface area contributed by atoms with E-state index >= 15 is 0 Å². The molecule has 5 rings (SSSR count). The summed E-state index contributed by atoms with van der Waals surface area (Å²) in [6.07, 6.45) is 4.14. The monoisotopic (exact) mass is 412 g/mol. The highest BCUT2D eigenvalue weighted by Gasteiger charge is 2.26. The van der Waals surface area contributed by atoms with Gasteiger partial charge >= 0.3 is 0 Å². The Labute approximate surface area is 175 Å². The van der Waals surface area contributed by atoms with E-state index in [2.05, 4.69) is 16.1 Å². The molecule has 1 N–H and O–H groups in total. The maximum Gasteiger partial charge on any atom is 0.269 e. The van der Waals surface area contributed by atoms with E-state index in [0.29, 0.717) is 19.8 Å². The molecule has 0 spiro atoms. The van der Waals surface area contributed by atoms with Crippen LogP contribution in [0.15, 0.2) is 35.3 Å². The average Bonchev–Trinajstić information content (AvgIpc) is 3.20. The summed E-state index contributed by atoms with van der Waals surface area (Å²) in [5, 5.41) is 14.2. The zero-order valence-electron chi connectivity index (χ0n) is 17.1. The topological polar surface area (TPSA) is 80.1 Å². The van der Waals surface area contributed by atoms with Crippen molar-refractivity contribution < 1.29 is 14.6 Å². The lowest BCUT2D eigenvalue weighted by Crippen LogP contribution is -2.40. The minimum absolute atomic E-state index is 0.0566. The van der Waals surface area contributed by atoms with Crippen LogP contribution >= 0.6 is 0 Å². The van der Waals surface area contributed by atoms with Crippen LogP contribution < -0.4 is 19.9 Å². The summed E-state index contributed by atoms with van der Waals surface area (Å²) in [5.74, 6) is 1.66. The summed E-state index contributed by atoms with van der Waals surface area (Å²) in [6.45, 7) is 5.02. The first-order valence-electron chi connectivity index (χ1n) is 10.8. The van der Waals surface area contributed by atoms with Gasteiger partial charge < -0.3 is 19.5 Å². The maximum absolute atomic E-state index is 12.8. The van der Waals surface area contributed by atoms with Gasteiger partial charge in [-0.05, 0) is 31.9 Å². The van der Waals surface area contributed by atoms with Gasteiger partial charge in [-0.1, -0.05) is 12.1 Å². The van der Waals surface area contributed by atoms with Crippen LogP contribution in [0.3, 0.4) is 0 Å². The Balaban J connectivity index is 1.30. The minimum Gasteiger partial charge on any atom is -0.486 e. The van der Waals surface area contributed by atoms with Crippen molar-refractivity contribution >= 4 is 5.69 Å². The molecule has 8 nitrogen and oxygen atoms in total. The molecule has 2 aromatic rings. The fourth-order valence-corrected chi connectivity index (χ4v) is 4.71. The van der Waals surface area contributed by atoms with Crippen molar-refractivity contribution in [2.24, 2.45) is 0 Å². The van der Waals surface area contributed by atoms with Crippen molar-refractivity contribution in [1.82, 2.24) is 14.7 Å². The van der Waals surface area contributed by atoms with Crippen LogP contribution in [-0.4, -0.2) is 65.3 Å². The molecule has 2 atom stereocenters. The molecule has 8 heteroatoms. The number of para-hydroxylation sites is 1. The van der Waals surface area contributed by atoms with Gasteiger partial charge in [0, 0.05) is 37.8 Å². The maximum atomic E-state index is 12.8. The first kappa shape index (κ1) is 19.4. The fraction of sp³-hybridized carbons (Fsp3) is 0.545. The lowest BCUT2D eigenvalue weighted by Gasteiger charge is -2.33. The Hall–Kier alpha value is -2.58. The summed E-state index contributed by atoms with van der Waals surface area (Å²) in [5.41, 5.74) is 1.85. The number of hydrogen-bond donors (Lipinski definition) is 1. The standard InChI is InChI=1S/C22H28N4O4/c27-19-6-8-25(15-19)18-11-21(28)26(23-12-18)17-4-2-7-24(14-17)13-16-3-1-5-20-22(16)30-10-9-29-20/h1,3,5,11-12,17,19,27H,2,4,6-10,13-15H2/t17?,19-/m0/s1. The number of benzene rings is 1. The van der Waals surface area contributed by atoms with Crippen molar-refractivity contribution in [3.63, 3.8) is 0 Å². The summed E-state index contributed by atoms with van der Waals surface area (Å²) in [7, 11) is 0. The smallest absolute Gasteiger partial charge is 0.269 e. The van der Waals surface area contributed by atoms with Gasteiger partial charge in [-0.15, -0.1) is 0 Å². The SMILES string of the molecule is O=c1cc(N2CC[C@H](O)C2)cnn1C1CCCN(Cc2cccc3c2OCCO3)C1. The van der Waals surface area contributed by atoms with Crippen LogP contribution in [0.1, 0.15) is 30.9 Å². The highest BCUT2D eigenvalue weighted by molar-refractivity contribution is 5.47. The zero-order valence-corrected chi connectivity index (χ0v) is 17.1. The van der Waals surface area contributed by atoms with E-state index in [-0.39, 0.29) is 17.7 Å². The van der Waals surface area contributed by atoms with E-state index in [9.17, 15) is 9.90 Å². The van der Waals surface area contributed by atoms with Crippen LogP contribution in [-0.2, 0) is 6.54 Å². The van der Waals surface area contributed by atoms with Gasteiger partial charge in [-0.2, -0.15) is 5.10 Å². The van der Waals surface area contributed by atoms with E-state index in [1.807, 2.05) is 17.0 Å². The Morgan fingerprint density at radius 2 is 2.03 bits per heavy atom. The molecule has 160 valence electrons. The third kappa shape index (κ3) is 3.89. The van der Waals surface area contributed by atoms with Crippen LogP contribution in [0.2, 0.25) is 0 Å². The molecule has 2 fully saturated rings. The predicted molar refractivity (Wildman–Crippen MR) is 112 cm³/mol. The van der Waals surface area contributed by atoms with E-state index in [1.54, 1.807) is 16.9 Å². The van der Waals surface area contributed by atoms with Crippen LogP contribution in [0.5, 0.6) is 11.5 Å². The summed E-state index contributed by atoms with van der Waals surface area (Å²) in [6, 6.07) is 7.75. The molecule has 0 amide bonds. The van der Waals surface area contributed by atoms with E-state index in [0.717, 1.165) is 68.2 Å². The molecule has 2 saturated heterocycles. The van der Waals surface area contributed by atoms with Crippen molar-refractivity contribution in [2.45, 2.75) is 38.0 Å². The minimum atomic E-state index is -0.322. The van der Waals surface area contributed by atoms with E-state index < -0.39 is 0 Å². The van der Waals surface area contributed by atoms with Gasteiger partial charge in [0.2, 0.25) is 0 Å². The first-order chi connectivity index (χ1) is 14.7. The Morgan fingerprint density at radius 1 is 1.13 bits per heavy atom. The van der Waals surface area contributed by atoms with Crippen LogP contribution in [0, 0.1) is 0 Å². The summed E-state index contributed by atoms with van der Waals surface area (Å²) < 4.78 is 13.2. The predicted octanol–water partition coefficient (Wildman–Crippen LogP) is 1.42. The summed E-state index contributed by atoms with van der Waals surface area (Å²) >= 11 is 0. The van der Waals surface area contributed by atoms with Gasteiger partial charge in [0.05, 0.1) is 24.0 Å². The van der Waals surface area contributed by atoms with Gasteiger partial charge in [-0.3, -0.25) is 9.69 Å². The lowest BCUT2D eigenvalue weighted by molar-refractivity contribution is 0.148. The molecule has 1 unspecified atom stereocenters. The van der Waals surface area contributed by atoms with Crippen LogP contribution in [0.4, 0.5) is 5.69 Å². The second-order valence-electron chi connectivity index (χ2n) is 8.36. The zero-order chi connectivity index (χ0) is 20.5. The number of fused-ring (bicyclic) bond motifs is 1. The number of aliphatic hydroxyl groups is 1. The molecule has 0 radical (unpaired) electrons. The Kier molecular flexibility index (Phi) is 5.35. The number of likely N-dealkylation sites (tertiary alicyclic amines) is 1. The number of rotatable bonds is 4. The third-order valence-corrected chi connectivity index (χ3v) is 6.21. The molecule has 0 aliphatic carbocycles. The number of nitrogens with zero attached hydrogens (tertiary/aromatic N) is 4. The molecule has 0 bridgehead atoms. The normalized spacial score (nSPS) is 24.2. The number of aliphatic hydroxyl groups excluding tert-OH is 1. The second-order valence-corrected chi connectivity index (χ2v) is 8.36. The van der Waals surface area contributed by atoms with Gasteiger partial charge in [0.15, 0.2) is 11.5 Å². The van der Waals surface area contributed by atoms with Crippen LogP contribution in [0.25, 0.3) is 0 Å². The number of hydrogen-bond acceptors (Lipinski definition) is 7. The molecule has 0 saturated carbocycles. The number of anilines is 1. The molecule has 1 aromatic carbocycles. The molecular formula is C22H28N4O4. The van der Waals surface area contributed by atoms with Crippen molar-refractivity contribution in [2.75, 3.05) is 44.3 Å². The molecule has 1 aromatic heterocycles. The quantitative estimate of drug-likeness (QED) is 0.814. The molecule has 30 heavy (non-hydrogen) atoms. The molecule has 4 heterocycles. The van der Waals surface area contributed by atoms with Crippen molar-refractivity contribution in [3.05, 3.63) is 46.4 Å². The van der Waals surface area contributed by atoms with E-state index in [1.165, 1.54) is 0 Å². The Bertz CT molecular complexity index is 962. The number of β-amino-alcohol motifs (C(OH)–C–C–N with tert-alkyl or cyclic N) is 1. The molecular weight excluding hydrogens is 384 g/mol. The summed E-state index contributed by atoms with van der Waals surface area (Å²) in [4.78, 5) is 17.2.